The predicted molar refractivity (Wildman–Crippen MR) is 70.7 cm³/mol. The number of nitrogens with one attached hydrogen (secondary N) is 1. The van der Waals surface area contributed by atoms with Crippen molar-refractivity contribution in [3.05, 3.63) is 24.3 Å². The third-order valence-electron chi connectivity index (χ3n) is 3.21. The number of rotatable bonds is 4. The van der Waals surface area contributed by atoms with E-state index in [0.29, 0.717) is 18.4 Å². The minimum Gasteiger partial charge on any atom is -0.486 e. The quantitative estimate of drug-likeness (QED) is 0.885. The van der Waals surface area contributed by atoms with Gasteiger partial charge in [0, 0.05) is 0 Å². The number of para-hydroxylation sites is 2. The van der Waals surface area contributed by atoms with Gasteiger partial charge in [-0.05, 0) is 19.1 Å². The molecule has 1 aliphatic rings. The first-order valence-corrected chi connectivity index (χ1v) is 6.63. The second kappa shape index (κ2) is 6.04. The zero-order valence-electron chi connectivity index (χ0n) is 11.8. The summed E-state index contributed by atoms with van der Waals surface area (Å²) in [7, 11) is 0. The van der Waals surface area contributed by atoms with Crippen molar-refractivity contribution in [2.45, 2.75) is 31.2 Å². The lowest BCUT2D eigenvalue weighted by atomic mass is 10.0. The molecule has 0 bridgehead atoms. The van der Waals surface area contributed by atoms with E-state index in [1.165, 1.54) is 0 Å². The molecule has 1 aliphatic heterocycles. The highest BCUT2D eigenvalue weighted by molar-refractivity contribution is 5.77. The maximum atomic E-state index is 12.5. The third-order valence-corrected chi connectivity index (χ3v) is 3.21. The minimum absolute atomic E-state index is 0.0128. The maximum Gasteiger partial charge on any atom is 0.417 e. The number of amides is 1. The van der Waals surface area contributed by atoms with E-state index in [9.17, 15) is 23.1 Å². The molecule has 2 atom stereocenters. The summed E-state index contributed by atoms with van der Waals surface area (Å²) in [6.07, 6.45) is -6.44. The van der Waals surface area contributed by atoms with Crippen LogP contribution in [0.4, 0.5) is 13.2 Å². The van der Waals surface area contributed by atoms with Crippen molar-refractivity contribution in [3.8, 4) is 11.5 Å². The minimum atomic E-state index is -4.87. The fourth-order valence-electron chi connectivity index (χ4n) is 1.87. The summed E-state index contributed by atoms with van der Waals surface area (Å²) in [6.45, 7) is 0.719. The molecule has 0 radical (unpaired) electrons. The van der Waals surface area contributed by atoms with Crippen molar-refractivity contribution in [1.29, 1.82) is 0 Å². The van der Waals surface area contributed by atoms with Crippen LogP contribution in [0, 0.1) is 0 Å². The van der Waals surface area contributed by atoms with Gasteiger partial charge < -0.3 is 19.9 Å². The van der Waals surface area contributed by atoms with Crippen LogP contribution in [0.25, 0.3) is 0 Å². The summed E-state index contributed by atoms with van der Waals surface area (Å²) in [5.41, 5.74) is -3.06. The van der Waals surface area contributed by atoms with Gasteiger partial charge in [-0.2, -0.15) is 13.2 Å². The first-order valence-electron chi connectivity index (χ1n) is 6.63. The zero-order chi connectivity index (χ0) is 16.4. The highest BCUT2D eigenvalue weighted by atomic mass is 19.4. The van der Waals surface area contributed by atoms with E-state index in [1.807, 2.05) is 0 Å². The molecule has 2 rings (SSSR count). The molecule has 1 aromatic rings. The largest absolute Gasteiger partial charge is 0.486 e. The molecule has 8 heteroatoms. The van der Waals surface area contributed by atoms with E-state index < -0.39 is 30.2 Å². The number of alkyl halides is 3. The molecule has 5 nitrogen and oxygen atoms in total. The van der Waals surface area contributed by atoms with Crippen LogP contribution in [-0.4, -0.2) is 42.0 Å². The Morgan fingerprint density at radius 3 is 2.64 bits per heavy atom. The SMILES string of the molecule is C[C@@](O)(CC(=O)NC[C@H]1COc2ccccc2O1)C(F)(F)F. The Bertz CT molecular complexity index is 545. The fourth-order valence-corrected chi connectivity index (χ4v) is 1.87. The fraction of sp³-hybridized carbons (Fsp3) is 0.500. The molecule has 1 aromatic carbocycles. The van der Waals surface area contributed by atoms with Crippen LogP contribution < -0.4 is 14.8 Å². The number of halogens is 3. The number of hydrogen-bond acceptors (Lipinski definition) is 4. The first kappa shape index (κ1) is 16.4. The van der Waals surface area contributed by atoms with Crippen molar-refractivity contribution in [1.82, 2.24) is 5.32 Å². The van der Waals surface area contributed by atoms with E-state index in [-0.39, 0.29) is 13.2 Å². The van der Waals surface area contributed by atoms with Gasteiger partial charge in [-0.25, -0.2) is 0 Å². The molecule has 22 heavy (non-hydrogen) atoms. The molecule has 0 spiro atoms. The van der Waals surface area contributed by atoms with E-state index in [1.54, 1.807) is 24.3 Å². The van der Waals surface area contributed by atoms with Gasteiger partial charge in [-0.3, -0.25) is 4.79 Å². The van der Waals surface area contributed by atoms with Gasteiger partial charge in [0.2, 0.25) is 5.91 Å². The Morgan fingerprint density at radius 2 is 2.00 bits per heavy atom. The van der Waals surface area contributed by atoms with Gasteiger partial charge in [0.05, 0.1) is 13.0 Å². The molecule has 1 heterocycles. The van der Waals surface area contributed by atoms with Crippen molar-refractivity contribution in [2.24, 2.45) is 0 Å². The van der Waals surface area contributed by atoms with Crippen molar-refractivity contribution >= 4 is 5.91 Å². The Balaban J connectivity index is 1.83. The second-order valence-corrected chi connectivity index (χ2v) is 5.25. The highest BCUT2D eigenvalue weighted by Gasteiger charge is 2.50. The molecule has 122 valence electrons. The number of carbonyl (C=O) groups is 1. The normalized spacial score (nSPS) is 20.1. The van der Waals surface area contributed by atoms with Crippen molar-refractivity contribution in [3.63, 3.8) is 0 Å². The summed E-state index contributed by atoms with van der Waals surface area (Å²) in [6, 6.07) is 6.95. The first-order chi connectivity index (χ1) is 10.2. The molecule has 0 unspecified atom stereocenters. The van der Waals surface area contributed by atoms with Crippen LogP contribution in [-0.2, 0) is 4.79 Å². The number of ether oxygens (including phenoxy) is 2. The lowest BCUT2D eigenvalue weighted by molar-refractivity contribution is -0.253. The molecule has 0 saturated carbocycles. The predicted octanol–water partition coefficient (Wildman–Crippen LogP) is 1.65. The lowest BCUT2D eigenvalue weighted by Crippen LogP contribution is -2.48. The Morgan fingerprint density at radius 1 is 1.36 bits per heavy atom. The van der Waals surface area contributed by atoms with Crippen LogP contribution in [0.1, 0.15) is 13.3 Å². The smallest absolute Gasteiger partial charge is 0.417 e. The molecule has 0 fully saturated rings. The summed E-state index contributed by atoms with van der Waals surface area (Å²) in [5, 5.41) is 11.6. The molecule has 0 aliphatic carbocycles. The van der Waals surface area contributed by atoms with Crippen LogP contribution in [0.2, 0.25) is 0 Å². The van der Waals surface area contributed by atoms with Gasteiger partial charge in [0.1, 0.15) is 12.7 Å². The van der Waals surface area contributed by atoms with Crippen LogP contribution in [0.5, 0.6) is 11.5 Å². The van der Waals surface area contributed by atoms with Crippen LogP contribution in [0.3, 0.4) is 0 Å². The molecule has 0 aromatic heterocycles. The average Bonchev–Trinajstić information content (AvgIpc) is 2.43. The molecular formula is C14H16F3NO4. The standard InChI is InChI=1S/C14H16F3NO4/c1-13(20,14(15,16)17)6-12(19)18-7-9-8-21-10-4-2-3-5-11(10)22-9/h2-5,9,20H,6-8H2,1H3,(H,18,19)/t9-,13+/m0/s1. The third kappa shape index (κ3) is 3.82. The highest BCUT2D eigenvalue weighted by Crippen LogP contribution is 2.33. The second-order valence-electron chi connectivity index (χ2n) is 5.25. The number of benzene rings is 1. The van der Waals surface area contributed by atoms with Gasteiger partial charge >= 0.3 is 6.18 Å². The molecule has 1 amide bonds. The Labute approximate surface area is 125 Å². The van der Waals surface area contributed by atoms with Gasteiger partial charge in [0.15, 0.2) is 17.1 Å². The number of aliphatic hydroxyl groups is 1. The maximum absolute atomic E-state index is 12.5. The average molecular weight is 319 g/mol. The van der Waals surface area contributed by atoms with E-state index >= 15 is 0 Å². The monoisotopic (exact) mass is 319 g/mol. The van der Waals surface area contributed by atoms with Crippen molar-refractivity contribution in [2.75, 3.05) is 13.2 Å². The zero-order valence-corrected chi connectivity index (χ0v) is 11.8. The van der Waals surface area contributed by atoms with Gasteiger partial charge in [-0.15, -0.1) is 0 Å². The summed E-state index contributed by atoms with van der Waals surface area (Å²) in [5.74, 6) is 0.171. The van der Waals surface area contributed by atoms with E-state index in [4.69, 9.17) is 9.47 Å². The summed E-state index contributed by atoms with van der Waals surface area (Å²) < 4.78 is 48.4. The lowest BCUT2D eigenvalue weighted by Gasteiger charge is -2.28. The molecular weight excluding hydrogens is 303 g/mol. The van der Waals surface area contributed by atoms with Gasteiger partial charge in [-0.1, -0.05) is 12.1 Å². The van der Waals surface area contributed by atoms with Crippen LogP contribution >= 0.6 is 0 Å². The number of fused-ring (bicyclic) bond motifs is 1. The van der Waals surface area contributed by atoms with Gasteiger partial charge in [0.25, 0.3) is 0 Å². The summed E-state index contributed by atoms with van der Waals surface area (Å²) in [4.78, 5) is 11.5. The summed E-state index contributed by atoms with van der Waals surface area (Å²) >= 11 is 0. The number of hydrogen-bond donors (Lipinski definition) is 2. The molecule has 2 N–H and O–H groups in total. The van der Waals surface area contributed by atoms with Crippen molar-refractivity contribution < 1.29 is 32.5 Å². The number of carbonyl (C=O) groups excluding carboxylic acids is 1. The van der Waals surface area contributed by atoms with Crippen LogP contribution in [0.15, 0.2) is 24.3 Å². The Hall–Kier alpha value is -1.96. The van der Waals surface area contributed by atoms with E-state index in [0.717, 1.165) is 0 Å². The molecule has 0 saturated heterocycles. The van der Waals surface area contributed by atoms with E-state index in [2.05, 4.69) is 5.32 Å². The Kier molecular flexibility index (Phi) is 4.50. The topological polar surface area (TPSA) is 67.8 Å².